The van der Waals surface area contributed by atoms with Crippen LogP contribution in [0.4, 0.5) is 0 Å². The van der Waals surface area contributed by atoms with Gasteiger partial charge in [0.15, 0.2) is 0 Å². The fraction of sp³-hybridized carbons (Fsp3) is 0.222. The molecule has 3 aromatic heterocycles. The Morgan fingerprint density at radius 3 is 1.12 bits per heavy atom. The van der Waals surface area contributed by atoms with E-state index in [2.05, 4.69) is 109 Å². The standard InChI is InChI=1S/C27H27N7/c1-19(31-16-28-22-10-4-7-13-25(22)31)34(20(2)32-17-29-23-11-5-8-14-26(23)32)21(3)33-18-30-24-12-6-9-15-27(24)33/h4-21H,1-3H3. The average Bonchev–Trinajstić information content (AvgIpc) is 3.60. The van der Waals surface area contributed by atoms with Gasteiger partial charge in [0.05, 0.1) is 70.6 Å². The van der Waals surface area contributed by atoms with Crippen LogP contribution >= 0.6 is 0 Å². The van der Waals surface area contributed by atoms with Crippen molar-refractivity contribution in [1.29, 1.82) is 0 Å². The van der Waals surface area contributed by atoms with Crippen LogP contribution in [0.1, 0.15) is 39.3 Å². The molecule has 0 aliphatic carbocycles. The van der Waals surface area contributed by atoms with Gasteiger partial charge >= 0.3 is 0 Å². The van der Waals surface area contributed by atoms with Crippen LogP contribution in [0.2, 0.25) is 0 Å². The molecule has 0 radical (unpaired) electrons. The summed E-state index contributed by atoms with van der Waals surface area (Å²) in [5.41, 5.74) is 6.34. The lowest BCUT2D eigenvalue weighted by Gasteiger charge is -2.41. The summed E-state index contributed by atoms with van der Waals surface area (Å²) in [6.07, 6.45) is 5.87. The molecule has 3 unspecified atom stereocenters. The van der Waals surface area contributed by atoms with Gasteiger partial charge in [-0.25, -0.2) is 19.9 Å². The molecule has 0 N–H and O–H groups in total. The highest BCUT2D eigenvalue weighted by atomic mass is 15.5. The topological polar surface area (TPSA) is 56.7 Å². The summed E-state index contributed by atoms with van der Waals surface area (Å²) in [7, 11) is 0. The monoisotopic (exact) mass is 449 g/mol. The Hall–Kier alpha value is -3.97. The van der Waals surface area contributed by atoms with Crippen molar-refractivity contribution >= 4 is 33.1 Å². The van der Waals surface area contributed by atoms with Crippen molar-refractivity contribution in [3.8, 4) is 0 Å². The second-order valence-corrected chi connectivity index (χ2v) is 8.76. The van der Waals surface area contributed by atoms with E-state index >= 15 is 0 Å². The number of nitrogens with zero attached hydrogens (tertiary/aromatic N) is 7. The summed E-state index contributed by atoms with van der Waals surface area (Å²) >= 11 is 0. The molecule has 7 nitrogen and oxygen atoms in total. The van der Waals surface area contributed by atoms with Gasteiger partial charge in [0.1, 0.15) is 0 Å². The highest BCUT2D eigenvalue weighted by Crippen LogP contribution is 2.35. The number of imidazole rings is 3. The molecular formula is C27H27N7. The fourth-order valence-corrected chi connectivity index (χ4v) is 5.20. The summed E-state index contributed by atoms with van der Waals surface area (Å²) < 4.78 is 6.75. The molecule has 6 aromatic rings. The molecule has 0 aliphatic heterocycles. The van der Waals surface area contributed by atoms with Crippen LogP contribution in [-0.4, -0.2) is 33.6 Å². The largest absolute Gasteiger partial charge is 0.314 e. The van der Waals surface area contributed by atoms with E-state index in [1.165, 1.54) is 0 Å². The Morgan fingerprint density at radius 1 is 0.500 bits per heavy atom. The summed E-state index contributed by atoms with van der Waals surface area (Å²) in [4.78, 5) is 16.5. The lowest BCUT2D eigenvalue weighted by Crippen LogP contribution is -2.39. The van der Waals surface area contributed by atoms with Gasteiger partial charge in [0, 0.05) is 0 Å². The van der Waals surface area contributed by atoms with Crippen molar-refractivity contribution in [2.24, 2.45) is 0 Å². The first-order valence-electron chi connectivity index (χ1n) is 11.7. The minimum atomic E-state index is 0.0136. The predicted molar refractivity (Wildman–Crippen MR) is 135 cm³/mol. The summed E-state index contributed by atoms with van der Waals surface area (Å²) in [5.74, 6) is 0. The van der Waals surface area contributed by atoms with Crippen LogP contribution in [0.5, 0.6) is 0 Å². The van der Waals surface area contributed by atoms with E-state index in [4.69, 9.17) is 0 Å². The smallest absolute Gasteiger partial charge is 0.0971 e. The summed E-state index contributed by atoms with van der Waals surface area (Å²) in [5, 5.41) is 0. The minimum Gasteiger partial charge on any atom is -0.314 e. The van der Waals surface area contributed by atoms with E-state index < -0.39 is 0 Å². The zero-order valence-electron chi connectivity index (χ0n) is 19.5. The van der Waals surface area contributed by atoms with Crippen LogP contribution in [0, 0.1) is 0 Å². The van der Waals surface area contributed by atoms with Crippen LogP contribution in [-0.2, 0) is 0 Å². The van der Waals surface area contributed by atoms with Crippen LogP contribution in [0.25, 0.3) is 33.1 Å². The van der Waals surface area contributed by atoms with Crippen molar-refractivity contribution in [3.63, 3.8) is 0 Å². The Kier molecular flexibility index (Phi) is 4.92. The van der Waals surface area contributed by atoms with Gasteiger partial charge in [0.2, 0.25) is 0 Å². The van der Waals surface area contributed by atoms with Crippen molar-refractivity contribution < 1.29 is 0 Å². The second-order valence-electron chi connectivity index (χ2n) is 8.76. The number of benzene rings is 3. The van der Waals surface area contributed by atoms with E-state index in [1.807, 2.05) is 37.2 Å². The molecule has 3 heterocycles. The molecule has 34 heavy (non-hydrogen) atoms. The van der Waals surface area contributed by atoms with Gasteiger partial charge < -0.3 is 13.7 Å². The summed E-state index contributed by atoms with van der Waals surface area (Å²) in [6, 6.07) is 24.9. The zero-order valence-corrected chi connectivity index (χ0v) is 19.5. The molecule has 7 heteroatoms. The molecule has 3 aromatic carbocycles. The molecule has 0 bridgehead atoms. The molecule has 0 saturated carbocycles. The van der Waals surface area contributed by atoms with E-state index in [-0.39, 0.29) is 18.5 Å². The first-order valence-corrected chi connectivity index (χ1v) is 11.7. The number of para-hydroxylation sites is 6. The normalized spacial score (nSPS) is 14.8. The van der Waals surface area contributed by atoms with Gasteiger partial charge in [-0.15, -0.1) is 0 Å². The number of fused-ring (bicyclic) bond motifs is 3. The molecule has 0 amide bonds. The number of hydrogen-bond donors (Lipinski definition) is 0. The summed E-state index contributed by atoms with van der Waals surface area (Å²) in [6.45, 7) is 6.71. The molecule has 6 rings (SSSR count). The third-order valence-electron chi connectivity index (χ3n) is 6.95. The van der Waals surface area contributed by atoms with Crippen molar-refractivity contribution in [2.45, 2.75) is 39.3 Å². The molecule has 0 aliphatic rings. The van der Waals surface area contributed by atoms with E-state index in [0.717, 1.165) is 33.1 Å². The van der Waals surface area contributed by atoms with E-state index in [9.17, 15) is 0 Å². The lowest BCUT2D eigenvalue weighted by molar-refractivity contribution is 0.00215. The van der Waals surface area contributed by atoms with Crippen molar-refractivity contribution in [2.75, 3.05) is 0 Å². The second kappa shape index (κ2) is 8.11. The van der Waals surface area contributed by atoms with E-state index in [1.54, 1.807) is 0 Å². The van der Waals surface area contributed by atoms with E-state index in [0.29, 0.717) is 0 Å². The fourth-order valence-electron chi connectivity index (χ4n) is 5.20. The SMILES string of the molecule is CC(N(C(C)n1cnc2ccccc21)C(C)n1cnc2ccccc21)n1cnc2ccccc21. The molecular weight excluding hydrogens is 422 g/mol. The van der Waals surface area contributed by atoms with Crippen LogP contribution < -0.4 is 0 Å². The van der Waals surface area contributed by atoms with Crippen LogP contribution in [0.3, 0.4) is 0 Å². The van der Waals surface area contributed by atoms with Gasteiger partial charge in [-0.1, -0.05) is 36.4 Å². The lowest BCUT2D eigenvalue weighted by atomic mass is 10.2. The highest BCUT2D eigenvalue weighted by Gasteiger charge is 2.30. The molecule has 3 atom stereocenters. The van der Waals surface area contributed by atoms with Gasteiger partial charge in [0.25, 0.3) is 0 Å². The molecule has 0 fully saturated rings. The van der Waals surface area contributed by atoms with Gasteiger partial charge in [-0.3, -0.25) is 0 Å². The van der Waals surface area contributed by atoms with Gasteiger partial charge in [-0.2, -0.15) is 0 Å². The average molecular weight is 450 g/mol. The Balaban J connectivity index is 1.50. The molecule has 0 spiro atoms. The first-order chi connectivity index (χ1) is 16.6. The number of rotatable bonds is 6. The number of aromatic nitrogens is 6. The Morgan fingerprint density at radius 2 is 0.794 bits per heavy atom. The Labute approximate surface area is 197 Å². The van der Waals surface area contributed by atoms with Crippen molar-refractivity contribution in [1.82, 2.24) is 33.6 Å². The maximum atomic E-state index is 4.66. The maximum absolute atomic E-state index is 4.66. The minimum absolute atomic E-state index is 0.0136. The number of hydrogen-bond acceptors (Lipinski definition) is 4. The zero-order chi connectivity index (χ0) is 23.2. The maximum Gasteiger partial charge on any atom is 0.0971 e. The third kappa shape index (κ3) is 3.20. The van der Waals surface area contributed by atoms with Crippen LogP contribution in [0.15, 0.2) is 91.8 Å². The Bertz CT molecular complexity index is 1400. The molecule has 170 valence electrons. The van der Waals surface area contributed by atoms with Gasteiger partial charge in [-0.05, 0) is 57.2 Å². The quantitative estimate of drug-likeness (QED) is 0.313. The first kappa shape index (κ1) is 20.6. The third-order valence-corrected chi connectivity index (χ3v) is 6.95. The highest BCUT2D eigenvalue weighted by molar-refractivity contribution is 5.76. The molecule has 0 saturated heterocycles. The van der Waals surface area contributed by atoms with Crippen molar-refractivity contribution in [3.05, 3.63) is 91.8 Å². The predicted octanol–water partition coefficient (Wildman–Crippen LogP) is 5.99.